The maximum atomic E-state index is 12.9. The minimum Gasteiger partial charge on any atom is -0.414 e. The molecule has 1 aliphatic heterocycles. The first-order chi connectivity index (χ1) is 13.0. The van der Waals surface area contributed by atoms with Gasteiger partial charge in [-0.1, -0.05) is 12.1 Å². The maximum Gasteiger partial charge on any atom is 0.416 e. The molecule has 0 unspecified atom stereocenters. The molecular weight excluding hydrogens is 377 g/mol. The van der Waals surface area contributed by atoms with Gasteiger partial charge in [0.1, 0.15) is 0 Å². The molecular formula is C18H18F3N4OS+. The second-order valence-electron chi connectivity index (χ2n) is 6.44. The topological polar surface area (TPSA) is 46.6 Å². The quantitative estimate of drug-likeness (QED) is 0.738. The number of rotatable bonds is 4. The van der Waals surface area contributed by atoms with Crippen LogP contribution in [0.1, 0.15) is 11.5 Å². The molecule has 4 rings (SSSR count). The first-order valence-corrected chi connectivity index (χ1v) is 9.49. The third-order valence-electron chi connectivity index (χ3n) is 4.61. The fourth-order valence-electron chi connectivity index (χ4n) is 3.18. The van der Waals surface area contributed by atoms with Gasteiger partial charge in [0, 0.05) is 5.69 Å². The third-order valence-corrected chi connectivity index (χ3v) is 5.47. The number of hydrogen-bond donors (Lipinski definition) is 1. The second-order valence-corrected chi connectivity index (χ2v) is 7.39. The summed E-state index contributed by atoms with van der Waals surface area (Å²) in [5.74, 6) is 1.11. The van der Waals surface area contributed by atoms with Gasteiger partial charge < -0.3 is 14.2 Å². The van der Waals surface area contributed by atoms with Crippen molar-refractivity contribution in [1.29, 1.82) is 0 Å². The number of hydrogen-bond acceptors (Lipinski definition) is 5. The van der Waals surface area contributed by atoms with Crippen molar-refractivity contribution < 1.29 is 22.5 Å². The van der Waals surface area contributed by atoms with Gasteiger partial charge in [-0.05, 0) is 29.6 Å². The standard InChI is InChI=1S/C18H17F3N4OS/c19-18(20,21)13-3-1-4-14(11-13)25-8-6-24(7-9-25)12-16-22-23-17(26-16)15-5-2-10-27-15/h1-5,10-11H,6-9,12H2/p+1. The van der Waals surface area contributed by atoms with Crippen molar-refractivity contribution in [1.82, 2.24) is 10.2 Å². The fourth-order valence-corrected chi connectivity index (χ4v) is 3.82. The SMILES string of the molecule is FC(F)(F)c1cccc(N2CC[NH+](Cc3nnc(-c4cccs4)o3)CC2)c1. The van der Waals surface area contributed by atoms with Crippen LogP contribution < -0.4 is 9.80 Å². The van der Waals surface area contributed by atoms with E-state index in [-0.39, 0.29) is 0 Å². The number of nitrogens with zero attached hydrogens (tertiary/aromatic N) is 3. The van der Waals surface area contributed by atoms with Crippen LogP contribution in [-0.4, -0.2) is 36.4 Å². The van der Waals surface area contributed by atoms with E-state index in [2.05, 4.69) is 10.2 Å². The van der Waals surface area contributed by atoms with Crippen molar-refractivity contribution in [2.75, 3.05) is 31.1 Å². The molecule has 3 heterocycles. The van der Waals surface area contributed by atoms with E-state index in [1.165, 1.54) is 17.0 Å². The Kier molecular flexibility index (Phi) is 4.88. The van der Waals surface area contributed by atoms with Gasteiger partial charge in [0.2, 0.25) is 0 Å². The Morgan fingerprint density at radius 2 is 1.93 bits per heavy atom. The number of anilines is 1. The molecule has 0 bridgehead atoms. The van der Waals surface area contributed by atoms with E-state index in [1.807, 2.05) is 22.4 Å². The molecule has 3 aromatic rings. The van der Waals surface area contributed by atoms with Crippen molar-refractivity contribution in [3.63, 3.8) is 0 Å². The summed E-state index contributed by atoms with van der Waals surface area (Å²) >= 11 is 1.55. The number of quaternary nitrogens is 1. The van der Waals surface area contributed by atoms with Crippen LogP contribution in [0.5, 0.6) is 0 Å². The lowest BCUT2D eigenvalue weighted by Crippen LogP contribution is -3.13. The second kappa shape index (κ2) is 7.32. The highest BCUT2D eigenvalue weighted by atomic mass is 32.1. The van der Waals surface area contributed by atoms with E-state index < -0.39 is 11.7 Å². The summed E-state index contributed by atoms with van der Waals surface area (Å²) in [6.45, 7) is 3.58. The Hall–Kier alpha value is -2.39. The molecule has 1 aliphatic rings. The maximum absolute atomic E-state index is 12.9. The average molecular weight is 395 g/mol. The van der Waals surface area contributed by atoms with Crippen LogP contribution >= 0.6 is 11.3 Å². The Balaban J connectivity index is 1.36. The molecule has 142 valence electrons. The molecule has 0 amide bonds. The largest absolute Gasteiger partial charge is 0.416 e. The summed E-state index contributed by atoms with van der Waals surface area (Å²) in [5.41, 5.74) is 0.00314. The Bertz CT molecular complexity index is 886. The van der Waals surface area contributed by atoms with E-state index in [0.717, 1.165) is 24.0 Å². The predicted molar refractivity (Wildman–Crippen MR) is 95.7 cm³/mol. The van der Waals surface area contributed by atoms with Gasteiger partial charge in [0.15, 0.2) is 6.54 Å². The van der Waals surface area contributed by atoms with Crippen LogP contribution in [0.2, 0.25) is 0 Å². The van der Waals surface area contributed by atoms with E-state index in [9.17, 15) is 13.2 Å². The lowest BCUT2D eigenvalue weighted by atomic mass is 10.1. The number of aromatic nitrogens is 2. The van der Waals surface area contributed by atoms with E-state index >= 15 is 0 Å². The minimum atomic E-state index is -4.32. The molecule has 0 atom stereocenters. The Morgan fingerprint density at radius 3 is 2.63 bits per heavy atom. The zero-order valence-electron chi connectivity index (χ0n) is 14.4. The molecule has 27 heavy (non-hydrogen) atoms. The molecule has 0 spiro atoms. The predicted octanol–water partition coefficient (Wildman–Crippen LogP) is 2.72. The van der Waals surface area contributed by atoms with Gasteiger partial charge in [-0.25, -0.2) is 0 Å². The Labute approximate surface area is 158 Å². The van der Waals surface area contributed by atoms with Crippen molar-refractivity contribution in [2.45, 2.75) is 12.7 Å². The molecule has 0 aliphatic carbocycles. The van der Waals surface area contributed by atoms with Gasteiger partial charge in [-0.15, -0.1) is 21.5 Å². The number of benzene rings is 1. The van der Waals surface area contributed by atoms with Crippen LogP contribution in [-0.2, 0) is 12.7 Å². The molecule has 1 fully saturated rings. The Morgan fingerprint density at radius 1 is 1.11 bits per heavy atom. The normalized spacial score (nSPS) is 16.0. The number of thiophene rings is 1. The van der Waals surface area contributed by atoms with Crippen LogP contribution in [0, 0.1) is 0 Å². The number of nitrogens with one attached hydrogen (secondary N) is 1. The number of piperazine rings is 1. The summed E-state index contributed by atoms with van der Waals surface area (Å²) in [6, 6.07) is 9.38. The highest BCUT2D eigenvalue weighted by Crippen LogP contribution is 2.31. The van der Waals surface area contributed by atoms with Gasteiger partial charge in [-0.3, -0.25) is 0 Å². The van der Waals surface area contributed by atoms with Crippen LogP contribution in [0.3, 0.4) is 0 Å². The molecule has 0 saturated carbocycles. The number of halogens is 3. The third kappa shape index (κ3) is 4.14. The highest BCUT2D eigenvalue weighted by molar-refractivity contribution is 7.13. The van der Waals surface area contributed by atoms with Gasteiger partial charge in [-0.2, -0.15) is 13.2 Å². The lowest BCUT2D eigenvalue weighted by molar-refractivity contribution is -0.915. The molecule has 1 saturated heterocycles. The monoisotopic (exact) mass is 395 g/mol. The molecule has 1 N–H and O–H groups in total. The van der Waals surface area contributed by atoms with E-state index in [0.29, 0.717) is 37.1 Å². The first-order valence-electron chi connectivity index (χ1n) is 8.61. The van der Waals surface area contributed by atoms with E-state index in [1.54, 1.807) is 17.4 Å². The number of alkyl halides is 3. The van der Waals surface area contributed by atoms with Gasteiger partial charge in [0.05, 0.1) is 36.6 Å². The average Bonchev–Trinajstić information content (AvgIpc) is 3.33. The zero-order valence-corrected chi connectivity index (χ0v) is 15.2. The summed E-state index contributed by atoms with van der Waals surface area (Å²) in [7, 11) is 0. The molecule has 5 nitrogen and oxygen atoms in total. The van der Waals surface area contributed by atoms with Crippen molar-refractivity contribution in [3.8, 4) is 10.8 Å². The van der Waals surface area contributed by atoms with Crippen molar-refractivity contribution in [3.05, 3.63) is 53.2 Å². The first kappa shape index (κ1) is 18.0. The summed E-state index contributed by atoms with van der Waals surface area (Å²) in [4.78, 5) is 4.21. The van der Waals surface area contributed by atoms with Crippen molar-refractivity contribution >= 4 is 17.0 Å². The van der Waals surface area contributed by atoms with Crippen molar-refractivity contribution in [2.24, 2.45) is 0 Å². The van der Waals surface area contributed by atoms with E-state index in [4.69, 9.17) is 4.42 Å². The smallest absolute Gasteiger partial charge is 0.414 e. The lowest BCUT2D eigenvalue weighted by Gasteiger charge is -2.33. The fraction of sp³-hybridized carbons (Fsp3) is 0.333. The molecule has 9 heteroatoms. The minimum absolute atomic E-state index is 0.530. The van der Waals surface area contributed by atoms with Gasteiger partial charge >= 0.3 is 6.18 Å². The molecule has 0 radical (unpaired) electrons. The highest BCUT2D eigenvalue weighted by Gasteiger charge is 2.31. The zero-order chi connectivity index (χ0) is 18.9. The molecule has 1 aromatic carbocycles. The summed E-state index contributed by atoms with van der Waals surface area (Å²) < 4.78 is 44.4. The van der Waals surface area contributed by atoms with Crippen LogP contribution in [0.15, 0.2) is 46.2 Å². The summed E-state index contributed by atoms with van der Waals surface area (Å²) in [6.07, 6.45) is -4.32. The van der Waals surface area contributed by atoms with Crippen LogP contribution in [0.25, 0.3) is 10.8 Å². The van der Waals surface area contributed by atoms with Crippen LogP contribution in [0.4, 0.5) is 18.9 Å². The molecule has 2 aromatic heterocycles. The van der Waals surface area contributed by atoms with Gasteiger partial charge in [0.25, 0.3) is 11.8 Å². The summed E-state index contributed by atoms with van der Waals surface area (Å²) in [5, 5.41) is 10.2.